The van der Waals surface area contributed by atoms with Gasteiger partial charge in [0.25, 0.3) is 0 Å². The molecule has 3 aromatic rings. The van der Waals surface area contributed by atoms with Crippen LogP contribution >= 0.6 is 12.4 Å². The molecule has 0 atom stereocenters. The SMILES string of the molecule is Cc1cccc(-c2ccc(OCCN)c(OCc3ccccc3)c2)c1C.Cl. The Morgan fingerprint density at radius 2 is 1.59 bits per heavy atom. The van der Waals surface area contributed by atoms with Crippen LogP contribution in [0.15, 0.2) is 66.7 Å². The van der Waals surface area contributed by atoms with Crippen molar-refractivity contribution in [1.29, 1.82) is 0 Å². The van der Waals surface area contributed by atoms with Crippen LogP contribution in [0.1, 0.15) is 16.7 Å². The fourth-order valence-corrected chi connectivity index (χ4v) is 2.88. The molecule has 3 nitrogen and oxygen atoms in total. The molecule has 0 aliphatic carbocycles. The van der Waals surface area contributed by atoms with E-state index in [1.165, 1.54) is 16.7 Å². The maximum Gasteiger partial charge on any atom is 0.162 e. The largest absolute Gasteiger partial charge is 0.488 e. The Balaban J connectivity index is 0.00000261. The molecule has 27 heavy (non-hydrogen) atoms. The normalized spacial score (nSPS) is 10.2. The highest BCUT2D eigenvalue weighted by Gasteiger charge is 2.11. The molecule has 0 radical (unpaired) electrons. The lowest BCUT2D eigenvalue weighted by Gasteiger charge is -2.15. The number of ether oxygens (including phenoxy) is 2. The van der Waals surface area contributed by atoms with Gasteiger partial charge >= 0.3 is 0 Å². The van der Waals surface area contributed by atoms with Gasteiger partial charge < -0.3 is 15.2 Å². The van der Waals surface area contributed by atoms with Gasteiger partial charge in [-0.3, -0.25) is 0 Å². The fraction of sp³-hybridized carbons (Fsp3) is 0.217. The Hall–Kier alpha value is -2.49. The highest BCUT2D eigenvalue weighted by molar-refractivity contribution is 5.85. The summed E-state index contributed by atoms with van der Waals surface area (Å²) in [4.78, 5) is 0. The van der Waals surface area contributed by atoms with Crippen molar-refractivity contribution < 1.29 is 9.47 Å². The van der Waals surface area contributed by atoms with Crippen LogP contribution in [0.5, 0.6) is 11.5 Å². The van der Waals surface area contributed by atoms with Crippen molar-refractivity contribution in [3.05, 3.63) is 83.4 Å². The van der Waals surface area contributed by atoms with Gasteiger partial charge in [0.05, 0.1) is 0 Å². The predicted octanol–water partition coefficient (Wildman–Crippen LogP) is 5.31. The molecule has 0 spiro atoms. The van der Waals surface area contributed by atoms with Crippen molar-refractivity contribution in [3.8, 4) is 22.6 Å². The van der Waals surface area contributed by atoms with E-state index >= 15 is 0 Å². The monoisotopic (exact) mass is 383 g/mol. The lowest BCUT2D eigenvalue weighted by atomic mass is 9.97. The molecule has 0 unspecified atom stereocenters. The molecule has 0 aliphatic rings. The van der Waals surface area contributed by atoms with Gasteiger partial charge in [0.1, 0.15) is 13.2 Å². The lowest BCUT2D eigenvalue weighted by molar-refractivity contribution is 0.266. The smallest absolute Gasteiger partial charge is 0.162 e. The molecule has 0 saturated heterocycles. The quantitative estimate of drug-likeness (QED) is 0.601. The van der Waals surface area contributed by atoms with Crippen molar-refractivity contribution in [2.45, 2.75) is 20.5 Å². The van der Waals surface area contributed by atoms with Crippen molar-refractivity contribution in [2.24, 2.45) is 5.73 Å². The zero-order valence-electron chi connectivity index (χ0n) is 15.8. The Morgan fingerprint density at radius 1 is 0.815 bits per heavy atom. The topological polar surface area (TPSA) is 44.5 Å². The molecule has 3 aromatic carbocycles. The summed E-state index contributed by atoms with van der Waals surface area (Å²) in [7, 11) is 0. The third-order valence-corrected chi connectivity index (χ3v) is 4.47. The number of aryl methyl sites for hydroxylation is 1. The van der Waals surface area contributed by atoms with Crippen molar-refractivity contribution in [2.75, 3.05) is 13.2 Å². The van der Waals surface area contributed by atoms with Gasteiger partial charge in [-0.2, -0.15) is 0 Å². The molecule has 2 N–H and O–H groups in total. The summed E-state index contributed by atoms with van der Waals surface area (Å²) in [5, 5.41) is 0. The Bertz CT molecular complexity index is 866. The van der Waals surface area contributed by atoms with Crippen LogP contribution in [0.4, 0.5) is 0 Å². The van der Waals surface area contributed by atoms with Gasteiger partial charge in [-0.25, -0.2) is 0 Å². The summed E-state index contributed by atoms with van der Waals surface area (Å²) in [5.74, 6) is 1.46. The van der Waals surface area contributed by atoms with Crippen LogP contribution in [0.2, 0.25) is 0 Å². The summed E-state index contributed by atoms with van der Waals surface area (Å²) in [6.07, 6.45) is 0. The van der Waals surface area contributed by atoms with E-state index in [1.54, 1.807) is 0 Å². The first-order valence-corrected chi connectivity index (χ1v) is 8.89. The maximum absolute atomic E-state index is 6.09. The van der Waals surface area contributed by atoms with E-state index in [4.69, 9.17) is 15.2 Å². The first-order chi connectivity index (χ1) is 12.7. The molecule has 0 bridgehead atoms. The van der Waals surface area contributed by atoms with E-state index in [0.717, 1.165) is 22.6 Å². The Labute approximate surface area is 167 Å². The fourth-order valence-electron chi connectivity index (χ4n) is 2.88. The van der Waals surface area contributed by atoms with Gasteiger partial charge in [0.15, 0.2) is 11.5 Å². The number of nitrogens with two attached hydrogens (primary N) is 1. The summed E-state index contributed by atoms with van der Waals surface area (Å²) < 4.78 is 11.9. The molecule has 0 amide bonds. The maximum atomic E-state index is 6.09. The second kappa shape index (κ2) is 10.0. The van der Waals surface area contributed by atoms with Crippen molar-refractivity contribution in [1.82, 2.24) is 0 Å². The van der Waals surface area contributed by atoms with E-state index in [1.807, 2.05) is 24.3 Å². The number of halogens is 1. The Morgan fingerprint density at radius 3 is 2.33 bits per heavy atom. The summed E-state index contributed by atoms with van der Waals surface area (Å²) >= 11 is 0. The van der Waals surface area contributed by atoms with Gasteiger partial charge in [-0.05, 0) is 53.8 Å². The van der Waals surface area contributed by atoms with Crippen LogP contribution in [0.3, 0.4) is 0 Å². The minimum absolute atomic E-state index is 0. The van der Waals surface area contributed by atoms with Crippen LogP contribution in [-0.4, -0.2) is 13.2 Å². The summed E-state index contributed by atoms with van der Waals surface area (Å²) in [5.41, 5.74) is 11.6. The minimum Gasteiger partial charge on any atom is -0.488 e. The van der Waals surface area contributed by atoms with Gasteiger partial charge in [-0.1, -0.05) is 54.6 Å². The van der Waals surface area contributed by atoms with Gasteiger partial charge in [0, 0.05) is 6.54 Å². The minimum atomic E-state index is 0. The third-order valence-electron chi connectivity index (χ3n) is 4.47. The summed E-state index contributed by atoms with van der Waals surface area (Å²) in [6.45, 7) is 5.70. The van der Waals surface area contributed by atoms with E-state index in [0.29, 0.717) is 19.8 Å². The molecule has 0 aromatic heterocycles. The lowest BCUT2D eigenvalue weighted by Crippen LogP contribution is -2.11. The van der Waals surface area contributed by atoms with E-state index in [9.17, 15) is 0 Å². The molecule has 0 saturated carbocycles. The van der Waals surface area contributed by atoms with Gasteiger partial charge in [0.2, 0.25) is 0 Å². The molecule has 142 valence electrons. The van der Waals surface area contributed by atoms with Gasteiger partial charge in [-0.15, -0.1) is 12.4 Å². The molecular weight excluding hydrogens is 358 g/mol. The molecule has 0 fully saturated rings. The molecule has 4 heteroatoms. The van der Waals surface area contributed by atoms with E-state index < -0.39 is 0 Å². The van der Waals surface area contributed by atoms with Crippen LogP contribution < -0.4 is 15.2 Å². The number of hydrogen-bond acceptors (Lipinski definition) is 3. The van der Waals surface area contributed by atoms with Crippen molar-refractivity contribution in [3.63, 3.8) is 0 Å². The highest BCUT2D eigenvalue weighted by Crippen LogP contribution is 2.35. The van der Waals surface area contributed by atoms with E-state index in [2.05, 4.69) is 56.3 Å². The average molecular weight is 384 g/mol. The van der Waals surface area contributed by atoms with Crippen molar-refractivity contribution >= 4 is 12.4 Å². The van der Waals surface area contributed by atoms with E-state index in [-0.39, 0.29) is 12.4 Å². The second-order valence-electron chi connectivity index (χ2n) is 6.32. The number of benzene rings is 3. The number of hydrogen-bond donors (Lipinski definition) is 1. The molecule has 0 aliphatic heterocycles. The zero-order chi connectivity index (χ0) is 18.4. The van der Waals surface area contributed by atoms with Crippen LogP contribution in [0.25, 0.3) is 11.1 Å². The van der Waals surface area contributed by atoms with Crippen LogP contribution in [0, 0.1) is 13.8 Å². The molecule has 0 heterocycles. The first kappa shape index (κ1) is 20.8. The second-order valence-corrected chi connectivity index (χ2v) is 6.32. The standard InChI is InChI=1S/C23H25NO2.ClH/c1-17-7-6-10-21(18(17)2)20-11-12-22(25-14-13-24)23(15-20)26-16-19-8-4-3-5-9-19;/h3-12,15H,13-14,16,24H2,1-2H3;1H. The van der Waals surface area contributed by atoms with Crippen LogP contribution in [-0.2, 0) is 6.61 Å². The predicted molar refractivity (Wildman–Crippen MR) is 114 cm³/mol. The Kier molecular flexibility index (Phi) is 7.71. The molecule has 3 rings (SSSR count). The number of rotatable bonds is 7. The molecular formula is C23H26ClNO2. The zero-order valence-corrected chi connectivity index (χ0v) is 16.6. The average Bonchev–Trinajstić information content (AvgIpc) is 2.68. The third kappa shape index (κ3) is 5.25. The summed E-state index contributed by atoms with van der Waals surface area (Å²) in [6, 6.07) is 22.6. The first-order valence-electron chi connectivity index (χ1n) is 8.89. The highest BCUT2D eigenvalue weighted by atomic mass is 35.5.